The van der Waals surface area contributed by atoms with Crippen molar-refractivity contribution in [2.45, 2.75) is 6.54 Å². The molecule has 0 fully saturated rings. The van der Waals surface area contributed by atoms with E-state index in [2.05, 4.69) is 11.1 Å². The van der Waals surface area contributed by atoms with Crippen molar-refractivity contribution >= 4 is 16.8 Å². The van der Waals surface area contributed by atoms with Gasteiger partial charge < -0.3 is 9.64 Å². The number of benzene rings is 1. The Bertz CT molecular complexity index is 630. The predicted octanol–water partition coefficient (Wildman–Crippen LogP) is 1.77. The van der Waals surface area contributed by atoms with Gasteiger partial charge in [-0.05, 0) is 24.7 Å². The number of aromatic nitrogens is 1. The Kier molecular flexibility index (Phi) is 5.86. The van der Waals surface area contributed by atoms with E-state index < -0.39 is 0 Å². The fraction of sp³-hybridized carbons (Fsp3) is 0.412. The zero-order valence-corrected chi connectivity index (χ0v) is 13.5. The first-order chi connectivity index (χ1) is 10.6. The predicted molar refractivity (Wildman–Crippen MR) is 87.6 cm³/mol. The van der Waals surface area contributed by atoms with Crippen molar-refractivity contribution in [1.29, 1.82) is 0 Å². The Labute approximate surface area is 131 Å². The molecule has 0 radical (unpaired) electrons. The molecule has 2 rings (SSSR count). The summed E-state index contributed by atoms with van der Waals surface area (Å²) in [6, 6.07) is 10.1. The molecule has 0 bridgehead atoms. The normalized spacial score (nSPS) is 11.1. The smallest absolute Gasteiger partial charge is 0.236 e. The van der Waals surface area contributed by atoms with E-state index in [-0.39, 0.29) is 5.91 Å². The van der Waals surface area contributed by atoms with Crippen molar-refractivity contribution in [3.05, 3.63) is 42.1 Å². The van der Waals surface area contributed by atoms with E-state index in [4.69, 9.17) is 4.74 Å². The van der Waals surface area contributed by atoms with Crippen molar-refractivity contribution in [2.24, 2.45) is 0 Å². The fourth-order valence-corrected chi connectivity index (χ4v) is 2.24. The number of amides is 1. The zero-order valence-electron chi connectivity index (χ0n) is 13.5. The molecule has 0 atom stereocenters. The fourth-order valence-electron chi connectivity index (χ4n) is 2.24. The first-order valence-electron chi connectivity index (χ1n) is 7.35. The van der Waals surface area contributed by atoms with Crippen LogP contribution in [0.25, 0.3) is 10.9 Å². The van der Waals surface area contributed by atoms with Gasteiger partial charge in [-0.2, -0.15) is 0 Å². The van der Waals surface area contributed by atoms with E-state index in [1.165, 1.54) is 0 Å². The van der Waals surface area contributed by atoms with E-state index in [0.29, 0.717) is 19.7 Å². The summed E-state index contributed by atoms with van der Waals surface area (Å²) < 4.78 is 5.02. The first kappa shape index (κ1) is 16.4. The molecule has 1 aromatic carbocycles. The lowest BCUT2D eigenvalue weighted by molar-refractivity contribution is -0.131. The number of ether oxygens (including phenoxy) is 1. The Morgan fingerprint density at radius 2 is 2.05 bits per heavy atom. The quantitative estimate of drug-likeness (QED) is 0.782. The second-order valence-electron chi connectivity index (χ2n) is 5.52. The lowest BCUT2D eigenvalue weighted by Gasteiger charge is -2.21. The number of carbonyl (C=O) groups is 1. The lowest BCUT2D eigenvalue weighted by Crippen LogP contribution is -2.37. The maximum absolute atomic E-state index is 12.2. The van der Waals surface area contributed by atoms with Crippen molar-refractivity contribution < 1.29 is 9.53 Å². The van der Waals surface area contributed by atoms with Crippen LogP contribution in [0, 0.1) is 0 Å². The third kappa shape index (κ3) is 4.51. The summed E-state index contributed by atoms with van der Waals surface area (Å²) in [5.74, 6) is 0.0896. The molecule has 0 spiro atoms. The van der Waals surface area contributed by atoms with Crippen molar-refractivity contribution in [3.63, 3.8) is 0 Å². The summed E-state index contributed by atoms with van der Waals surface area (Å²) in [5, 5.41) is 1.10. The topological polar surface area (TPSA) is 45.7 Å². The number of pyridine rings is 1. The van der Waals surface area contributed by atoms with Crippen LogP contribution >= 0.6 is 0 Å². The third-order valence-corrected chi connectivity index (χ3v) is 3.57. The van der Waals surface area contributed by atoms with Crippen molar-refractivity contribution in [3.8, 4) is 0 Å². The molecule has 0 aliphatic rings. The van der Waals surface area contributed by atoms with E-state index in [9.17, 15) is 4.79 Å². The highest BCUT2D eigenvalue weighted by atomic mass is 16.5. The number of nitrogens with zero attached hydrogens (tertiary/aromatic N) is 3. The number of carbonyl (C=O) groups excluding carboxylic acids is 1. The van der Waals surface area contributed by atoms with Gasteiger partial charge in [0.1, 0.15) is 0 Å². The molecule has 22 heavy (non-hydrogen) atoms. The highest BCUT2D eigenvalue weighted by Crippen LogP contribution is 2.13. The van der Waals surface area contributed by atoms with Gasteiger partial charge in [-0.15, -0.1) is 0 Å². The highest BCUT2D eigenvalue weighted by molar-refractivity contribution is 5.80. The minimum atomic E-state index is 0.0896. The van der Waals surface area contributed by atoms with Gasteiger partial charge in [0.2, 0.25) is 5.91 Å². The highest BCUT2D eigenvalue weighted by Gasteiger charge is 2.12. The molecule has 0 unspecified atom stereocenters. The average molecular weight is 301 g/mol. The molecule has 118 valence electrons. The number of likely N-dealkylation sites (N-methyl/N-ethyl adjacent to an activating group) is 2. The summed E-state index contributed by atoms with van der Waals surface area (Å²) in [4.78, 5) is 20.3. The molecule has 0 saturated heterocycles. The van der Waals surface area contributed by atoms with Crippen LogP contribution < -0.4 is 0 Å². The molecule has 1 aromatic heterocycles. The van der Waals surface area contributed by atoms with E-state index >= 15 is 0 Å². The van der Waals surface area contributed by atoms with E-state index in [1.54, 1.807) is 12.0 Å². The SMILES string of the molecule is COCCN(C)CC(=O)N(C)Cc1cnc2ccccc2c1. The molecule has 0 aliphatic heterocycles. The van der Waals surface area contributed by atoms with Gasteiger partial charge in [0.15, 0.2) is 0 Å². The number of hydrogen-bond donors (Lipinski definition) is 0. The Morgan fingerprint density at radius 1 is 1.27 bits per heavy atom. The first-order valence-corrected chi connectivity index (χ1v) is 7.35. The second kappa shape index (κ2) is 7.87. The number of fused-ring (bicyclic) bond motifs is 1. The minimum Gasteiger partial charge on any atom is -0.383 e. The molecule has 0 saturated carbocycles. The maximum Gasteiger partial charge on any atom is 0.236 e. The van der Waals surface area contributed by atoms with Gasteiger partial charge >= 0.3 is 0 Å². The summed E-state index contributed by atoms with van der Waals surface area (Å²) in [5.41, 5.74) is 2.01. The zero-order chi connectivity index (χ0) is 15.9. The number of methoxy groups -OCH3 is 1. The summed E-state index contributed by atoms with van der Waals surface area (Å²) in [6.45, 7) is 2.32. The Morgan fingerprint density at radius 3 is 2.82 bits per heavy atom. The summed E-state index contributed by atoms with van der Waals surface area (Å²) in [7, 11) is 5.40. The summed E-state index contributed by atoms with van der Waals surface area (Å²) in [6.07, 6.45) is 1.83. The molecular formula is C17H23N3O2. The van der Waals surface area contributed by atoms with Gasteiger partial charge in [0.05, 0.1) is 18.7 Å². The average Bonchev–Trinajstić information content (AvgIpc) is 2.52. The van der Waals surface area contributed by atoms with Gasteiger partial charge in [-0.3, -0.25) is 14.7 Å². The second-order valence-corrected chi connectivity index (χ2v) is 5.52. The monoisotopic (exact) mass is 301 g/mol. The van der Waals surface area contributed by atoms with Crippen LogP contribution in [0.5, 0.6) is 0 Å². The minimum absolute atomic E-state index is 0.0896. The molecule has 1 heterocycles. The molecule has 1 amide bonds. The molecule has 0 N–H and O–H groups in total. The Hall–Kier alpha value is -1.98. The standard InChI is InChI=1S/C17H23N3O2/c1-19(8-9-22-3)13-17(21)20(2)12-14-10-15-6-4-5-7-16(15)18-11-14/h4-7,10-11H,8-9,12-13H2,1-3H3. The van der Waals surface area contributed by atoms with Crippen LogP contribution in [-0.2, 0) is 16.1 Å². The van der Waals surface area contributed by atoms with E-state index in [0.717, 1.165) is 23.0 Å². The van der Waals surface area contributed by atoms with Gasteiger partial charge in [-0.1, -0.05) is 18.2 Å². The van der Waals surface area contributed by atoms with Gasteiger partial charge in [0, 0.05) is 38.8 Å². The molecular weight excluding hydrogens is 278 g/mol. The molecule has 2 aromatic rings. The van der Waals surface area contributed by atoms with Crippen LogP contribution in [0.4, 0.5) is 0 Å². The molecule has 5 heteroatoms. The van der Waals surface area contributed by atoms with Crippen LogP contribution in [0.1, 0.15) is 5.56 Å². The van der Waals surface area contributed by atoms with E-state index in [1.807, 2.05) is 49.5 Å². The van der Waals surface area contributed by atoms with Crippen LogP contribution in [0.3, 0.4) is 0 Å². The van der Waals surface area contributed by atoms with Crippen LogP contribution in [-0.4, -0.2) is 61.6 Å². The lowest BCUT2D eigenvalue weighted by atomic mass is 10.1. The van der Waals surface area contributed by atoms with Gasteiger partial charge in [-0.25, -0.2) is 0 Å². The van der Waals surface area contributed by atoms with Crippen LogP contribution in [0.15, 0.2) is 36.5 Å². The van der Waals surface area contributed by atoms with Crippen LogP contribution in [0.2, 0.25) is 0 Å². The number of hydrogen-bond acceptors (Lipinski definition) is 4. The van der Waals surface area contributed by atoms with Crippen molar-refractivity contribution in [2.75, 3.05) is 40.9 Å². The molecule has 5 nitrogen and oxygen atoms in total. The maximum atomic E-state index is 12.2. The Balaban J connectivity index is 1.94. The number of rotatable bonds is 7. The van der Waals surface area contributed by atoms with Gasteiger partial charge in [0.25, 0.3) is 0 Å². The van der Waals surface area contributed by atoms with Crippen molar-refractivity contribution in [1.82, 2.24) is 14.8 Å². The summed E-state index contributed by atoms with van der Waals surface area (Å²) >= 11 is 0. The largest absolute Gasteiger partial charge is 0.383 e. The third-order valence-electron chi connectivity index (χ3n) is 3.57. The molecule has 0 aliphatic carbocycles. The number of para-hydroxylation sites is 1.